The first-order valence-corrected chi connectivity index (χ1v) is 11.2. The van der Waals surface area contributed by atoms with E-state index in [0.717, 1.165) is 55.4 Å². The van der Waals surface area contributed by atoms with Crippen LogP contribution in [0.25, 0.3) is 10.8 Å². The van der Waals surface area contributed by atoms with Crippen molar-refractivity contribution in [2.45, 2.75) is 25.9 Å². The van der Waals surface area contributed by atoms with Crippen LogP contribution in [-0.4, -0.2) is 52.3 Å². The van der Waals surface area contributed by atoms with Gasteiger partial charge in [0.05, 0.1) is 13.4 Å². The van der Waals surface area contributed by atoms with Crippen molar-refractivity contribution in [1.82, 2.24) is 25.0 Å². The van der Waals surface area contributed by atoms with Crippen molar-refractivity contribution in [3.8, 4) is 5.75 Å². The fourth-order valence-electron chi connectivity index (χ4n) is 4.44. The van der Waals surface area contributed by atoms with Crippen molar-refractivity contribution in [2.24, 2.45) is 0 Å². The second-order valence-corrected chi connectivity index (χ2v) is 8.17. The standard InChI is InChI=1S/C25H27N5O3/c1-32-21-9-8-18(19-5-2-3-6-20(19)21)17-29-13-11-24-28-27-23(30(24)15-14-29)10-12-26-25(31)22-7-4-16-33-22/h2-9,16H,10-15,17H2,1H3,(H,26,31). The van der Waals surface area contributed by atoms with Gasteiger partial charge in [-0.25, -0.2) is 0 Å². The van der Waals surface area contributed by atoms with Crippen LogP contribution < -0.4 is 10.1 Å². The van der Waals surface area contributed by atoms with Crippen LogP contribution >= 0.6 is 0 Å². The number of carbonyl (C=O) groups is 1. The summed E-state index contributed by atoms with van der Waals surface area (Å²) in [5.74, 6) is 2.91. The van der Waals surface area contributed by atoms with Crippen LogP contribution in [0.2, 0.25) is 0 Å². The normalized spacial score (nSPS) is 14.1. The van der Waals surface area contributed by atoms with Gasteiger partial charge < -0.3 is 19.0 Å². The zero-order chi connectivity index (χ0) is 22.6. The summed E-state index contributed by atoms with van der Waals surface area (Å²) in [6, 6.07) is 16.0. The third-order valence-corrected chi connectivity index (χ3v) is 6.16. The Balaban J connectivity index is 1.23. The number of ether oxygens (including phenoxy) is 1. The Morgan fingerprint density at radius 3 is 2.76 bits per heavy atom. The summed E-state index contributed by atoms with van der Waals surface area (Å²) in [7, 11) is 1.71. The first kappa shape index (κ1) is 21.2. The molecular formula is C25H27N5O3. The lowest BCUT2D eigenvalue weighted by atomic mass is 10.0. The minimum absolute atomic E-state index is 0.214. The summed E-state index contributed by atoms with van der Waals surface area (Å²) in [6.07, 6.45) is 2.97. The van der Waals surface area contributed by atoms with E-state index in [2.05, 4.69) is 55.3 Å². The van der Waals surface area contributed by atoms with Crippen LogP contribution in [0.3, 0.4) is 0 Å². The number of hydrogen-bond acceptors (Lipinski definition) is 6. The molecule has 1 N–H and O–H groups in total. The lowest BCUT2D eigenvalue weighted by Crippen LogP contribution is -2.28. The molecule has 0 spiro atoms. The van der Waals surface area contributed by atoms with Crippen molar-refractivity contribution < 1.29 is 13.9 Å². The molecule has 33 heavy (non-hydrogen) atoms. The molecule has 0 saturated carbocycles. The molecular weight excluding hydrogens is 418 g/mol. The van der Waals surface area contributed by atoms with Crippen LogP contribution in [0.1, 0.15) is 27.8 Å². The van der Waals surface area contributed by atoms with Gasteiger partial charge in [0.2, 0.25) is 0 Å². The second kappa shape index (κ2) is 9.46. The quantitative estimate of drug-likeness (QED) is 0.471. The number of nitrogens with one attached hydrogen (secondary N) is 1. The molecule has 1 amide bonds. The molecule has 1 aliphatic rings. The monoisotopic (exact) mass is 445 g/mol. The minimum atomic E-state index is -0.214. The van der Waals surface area contributed by atoms with E-state index in [1.165, 1.54) is 17.2 Å². The van der Waals surface area contributed by atoms with E-state index in [1.54, 1.807) is 19.2 Å². The lowest BCUT2D eigenvalue weighted by molar-refractivity contribution is 0.0926. The number of hydrogen-bond donors (Lipinski definition) is 1. The largest absolute Gasteiger partial charge is 0.496 e. The molecule has 3 heterocycles. The van der Waals surface area contributed by atoms with Gasteiger partial charge in [0.1, 0.15) is 17.4 Å². The molecule has 0 unspecified atom stereocenters. The van der Waals surface area contributed by atoms with Crippen molar-refractivity contribution in [3.05, 3.63) is 77.8 Å². The Morgan fingerprint density at radius 1 is 1.06 bits per heavy atom. The Kier molecular flexibility index (Phi) is 6.08. The molecule has 0 bridgehead atoms. The zero-order valence-corrected chi connectivity index (χ0v) is 18.7. The molecule has 4 aromatic rings. The molecule has 0 radical (unpaired) electrons. The number of benzene rings is 2. The Labute approximate surface area is 192 Å². The summed E-state index contributed by atoms with van der Waals surface area (Å²) < 4.78 is 12.9. The molecule has 0 atom stereocenters. The smallest absolute Gasteiger partial charge is 0.286 e. The van der Waals surface area contributed by atoms with Gasteiger partial charge in [0, 0.05) is 51.0 Å². The highest BCUT2D eigenvalue weighted by atomic mass is 16.5. The first-order valence-electron chi connectivity index (χ1n) is 11.2. The molecule has 170 valence electrons. The van der Waals surface area contributed by atoms with Gasteiger partial charge in [-0.15, -0.1) is 10.2 Å². The van der Waals surface area contributed by atoms with Gasteiger partial charge in [-0.1, -0.05) is 30.3 Å². The number of fused-ring (bicyclic) bond motifs is 2. The zero-order valence-electron chi connectivity index (χ0n) is 18.7. The van der Waals surface area contributed by atoms with E-state index in [1.807, 2.05) is 6.07 Å². The highest BCUT2D eigenvalue weighted by Gasteiger charge is 2.20. The van der Waals surface area contributed by atoms with E-state index in [4.69, 9.17) is 9.15 Å². The highest BCUT2D eigenvalue weighted by molar-refractivity contribution is 5.91. The van der Waals surface area contributed by atoms with Crippen LogP contribution in [-0.2, 0) is 25.9 Å². The van der Waals surface area contributed by atoms with Gasteiger partial charge in [-0.3, -0.25) is 9.69 Å². The van der Waals surface area contributed by atoms with Crippen LogP contribution in [0.15, 0.2) is 59.2 Å². The number of rotatable bonds is 7. The average Bonchev–Trinajstić information content (AvgIpc) is 3.47. The van der Waals surface area contributed by atoms with Gasteiger partial charge in [0.25, 0.3) is 5.91 Å². The summed E-state index contributed by atoms with van der Waals surface area (Å²) in [4.78, 5) is 14.5. The number of nitrogens with zero attached hydrogens (tertiary/aromatic N) is 4. The molecule has 0 saturated heterocycles. The summed E-state index contributed by atoms with van der Waals surface area (Å²) >= 11 is 0. The van der Waals surface area contributed by atoms with Crippen molar-refractivity contribution in [1.29, 1.82) is 0 Å². The van der Waals surface area contributed by atoms with Gasteiger partial charge in [0.15, 0.2) is 5.76 Å². The maximum atomic E-state index is 12.1. The lowest BCUT2D eigenvalue weighted by Gasteiger charge is -2.21. The molecule has 2 aromatic heterocycles. The van der Waals surface area contributed by atoms with Crippen LogP contribution in [0.5, 0.6) is 5.75 Å². The molecule has 5 rings (SSSR count). The Morgan fingerprint density at radius 2 is 1.94 bits per heavy atom. The van der Waals surface area contributed by atoms with Crippen molar-refractivity contribution >= 4 is 16.7 Å². The van der Waals surface area contributed by atoms with Gasteiger partial charge in [-0.05, 0) is 29.1 Å². The third-order valence-electron chi connectivity index (χ3n) is 6.16. The predicted octanol–water partition coefficient (Wildman–Crippen LogP) is 3.06. The van der Waals surface area contributed by atoms with Crippen LogP contribution in [0.4, 0.5) is 0 Å². The minimum Gasteiger partial charge on any atom is -0.496 e. The third kappa shape index (κ3) is 4.47. The van der Waals surface area contributed by atoms with E-state index in [-0.39, 0.29) is 5.91 Å². The highest BCUT2D eigenvalue weighted by Crippen LogP contribution is 2.29. The molecule has 8 nitrogen and oxygen atoms in total. The van der Waals surface area contributed by atoms with E-state index < -0.39 is 0 Å². The molecule has 1 aliphatic heterocycles. The maximum absolute atomic E-state index is 12.1. The number of aromatic nitrogens is 3. The summed E-state index contributed by atoms with van der Waals surface area (Å²) in [5, 5.41) is 14.0. The first-order chi connectivity index (χ1) is 16.2. The van der Waals surface area contributed by atoms with Crippen molar-refractivity contribution in [2.75, 3.05) is 26.7 Å². The van der Waals surface area contributed by atoms with E-state index in [0.29, 0.717) is 18.7 Å². The maximum Gasteiger partial charge on any atom is 0.286 e. The van der Waals surface area contributed by atoms with Gasteiger partial charge in [-0.2, -0.15) is 0 Å². The van der Waals surface area contributed by atoms with Crippen LogP contribution in [0, 0.1) is 0 Å². The van der Waals surface area contributed by atoms with Crippen molar-refractivity contribution in [3.63, 3.8) is 0 Å². The SMILES string of the molecule is COc1ccc(CN2CCc3nnc(CCNC(=O)c4ccco4)n3CC2)c2ccccc12. The number of methoxy groups -OCH3 is 1. The second-order valence-electron chi connectivity index (χ2n) is 8.17. The topological polar surface area (TPSA) is 85.4 Å². The number of furan rings is 1. The van der Waals surface area contributed by atoms with Gasteiger partial charge >= 0.3 is 0 Å². The molecule has 8 heteroatoms. The number of amides is 1. The van der Waals surface area contributed by atoms with E-state index >= 15 is 0 Å². The fourth-order valence-corrected chi connectivity index (χ4v) is 4.44. The van der Waals surface area contributed by atoms with E-state index in [9.17, 15) is 4.79 Å². The molecule has 0 fully saturated rings. The predicted molar refractivity (Wildman–Crippen MR) is 124 cm³/mol. The molecule has 0 aliphatic carbocycles. The summed E-state index contributed by atoms with van der Waals surface area (Å²) in [5.41, 5.74) is 1.30. The fraction of sp³-hybridized carbons (Fsp3) is 0.320. The summed E-state index contributed by atoms with van der Waals surface area (Å²) in [6.45, 7) is 4.03. The Hall–Kier alpha value is -3.65. The number of carbonyl (C=O) groups excluding carboxylic acids is 1. The Bertz CT molecular complexity index is 1250. The molecule has 2 aromatic carbocycles. The average molecular weight is 446 g/mol.